The lowest BCUT2D eigenvalue weighted by molar-refractivity contribution is 0.0159. The molecule has 3 aromatic rings. The number of hydrogen-bond donors (Lipinski definition) is 0. The van der Waals surface area contributed by atoms with Gasteiger partial charge in [0.25, 0.3) is 0 Å². The molecule has 0 radical (unpaired) electrons. The van der Waals surface area contributed by atoms with E-state index in [1.54, 1.807) is 6.33 Å². The first-order valence-electron chi connectivity index (χ1n) is 14.0. The van der Waals surface area contributed by atoms with Crippen molar-refractivity contribution in [1.29, 1.82) is 0 Å². The maximum absolute atomic E-state index is 13.0. The Morgan fingerprint density at radius 1 is 1.21 bits per heavy atom. The largest absolute Gasteiger partial charge is 0.444 e. The fraction of sp³-hybridized carbons (Fsp3) is 0.586. The van der Waals surface area contributed by atoms with Gasteiger partial charge in [0.1, 0.15) is 24.3 Å². The van der Waals surface area contributed by atoms with E-state index in [1.807, 2.05) is 51.2 Å². The third-order valence-electron chi connectivity index (χ3n) is 6.98. The summed E-state index contributed by atoms with van der Waals surface area (Å²) in [5.74, 6) is 0. The van der Waals surface area contributed by atoms with Crippen LogP contribution in [0.5, 0.6) is 0 Å². The van der Waals surface area contributed by atoms with Crippen molar-refractivity contribution in [2.24, 2.45) is 0 Å². The van der Waals surface area contributed by atoms with E-state index in [0.717, 1.165) is 66.4 Å². The number of piperidine rings is 1. The zero-order chi connectivity index (χ0) is 28.2. The van der Waals surface area contributed by atoms with Gasteiger partial charge in [-0.2, -0.15) is 0 Å². The van der Waals surface area contributed by atoms with Crippen LogP contribution in [-0.4, -0.2) is 76.5 Å². The number of amides is 1. The van der Waals surface area contributed by atoms with Crippen LogP contribution in [0.4, 0.5) is 10.5 Å². The van der Waals surface area contributed by atoms with Crippen LogP contribution in [0, 0.1) is 0 Å². The average Bonchev–Trinajstić information content (AvgIpc) is 3.25. The molecule has 0 aromatic carbocycles. The van der Waals surface area contributed by atoms with Crippen molar-refractivity contribution in [2.45, 2.75) is 84.6 Å². The number of anilines is 1. The monoisotopic (exact) mass is 552 g/mol. The van der Waals surface area contributed by atoms with E-state index >= 15 is 0 Å². The van der Waals surface area contributed by atoms with Crippen LogP contribution in [0.2, 0.25) is 25.7 Å². The summed E-state index contributed by atoms with van der Waals surface area (Å²) >= 11 is 0. The number of likely N-dealkylation sites (N-methyl/N-ethyl adjacent to an activating group) is 1. The summed E-state index contributed by atoms with van der Waals surface area (Å²) in [6.07, 6.45) is 10.9. The first-order chi connectivity index (χ1) is 18.5. The van der Waals surface area contributed by atoms with E-state index in [-0.39, 0.29) is 12.1 Å². The summed E-state index contributed by atoms with van der Waals surface area (Å²) < 4.78 is 13.9. The normalized spacial score (nSPS) is 16.5. The zero-order valence-electron chi connectivity index (χ0n) is 24.6. The van der Waals surface area contributed by atoms with E-state index < -0.39 is 13.7 Å². The van der Waals surface area contributed by atoms with Crippen molar-refractivity contribution in [3.8, 4) is 11.1 Å². The van der Waals surface area contributed by atoms with Crippen LogP contribution in [0.1, 0.15) is 40.5 Å². The van der Waals surface area contributed by atoms with Gasteiger partial charge in [0.15, 0.2) is 0 Å². The Hall–Kier alpha value is -2.98. The second kappa shape index (κ2) is 12.0. The minimum absolute atomic E-state index is 0.0670. The highest BCUT2D eigenvalue weighted by molar-refractivity contribution is 6.76. The Bertz CT molecular complexity index is 1250. The summed E-state index contributed by atoms with van der Waals surface area (Å²) in [6.45, 7) is 18.3. The molecule has 4 heterocycles. The first kappa shape index (κ1) is 29.0. The third kappa shape index (κ3) is 7.36. The van der Waals surface area contributed by atoms with Crippen LogP contribution < -0.4 is 4.90 Å². The van der Waals surface area contributed by atoms with E-state index in [2.05, 4.69) is 51.3 Å². The van der Waals surface area contributed by atoms with Crippen LogP contribution in [0.3, 0.4) is 0 Å². The maximum Gasteiger partial charge on any atom is 0.410 e. The highest BCUT2D eigenvalue weighted by Gasteiger charge is 2.32. The number of pyridine rings is 1. The molecule has 10 heteroatoms. The number of hydrogen-bond acceptors (Lipinski definition) is 7. The van der Waals surface area contributed by atoms with Crippen molar-refractivity contribution < 1.29 is 14.3 Å². The van der Waals surface area contributed by atoms with Crippen molar-refractivity contribution in [2.75, 3.05) is 31.1 Å². The highest BCUT2D eigenvalue weighted by atomic mass is 28.3. The Morgan fingerprint density at radius 2 is 1.95 bits per heavy atom. The molecule has 1 aliphatic rings. The molecule has 3 aromatic heterocycles. The molecule has 0 unspecified atom stereocenters. The number of fused-ring (bicyclic) bond motifs is 1. The fourth-order valence-electron chi connectivity index (χ4n) is 5.04. The molecular weight excluding hydrogens is 508 g/mol. The molecule has 1 aliphatic heterocycles. The maximum atomic E-state index is 13.0. The fourth-order valence-corrected chi connectivity index (χ4v) is 5.80. The molecular formula is C29H44N6O3Si. The number of aromatic nitrogens is 4. The smallest absolute Gasteiger partial charge is 0.410 e. The van der Waals surface area contributed by atoms with Crippen molar-refractivity contribution in [1.82, 2.24) is 24.4 Å². The molecule has 0 bridgehead atoms. The second-order valence-corrected chi connectivity index (χ2v) is 18.1. The molecule has 39 heavy (non-hydrogen) atoms. The minimum atomic E-state index is -1.18. The summed E-state index contributed by atoms with van der Waals surface area (Å²) in [5.41, 5.74) is 3.42. The van der Waals surface area contributed by atoms with Crippen LogP contribution >= 0.6 is 0 Å². The van der Waals surface area contributed by atoms with E-state index in [9.17, 15) is 4.79 Å². The summed E-state index contributed by atoms with van der Waals surface area (Å²) in [6, 6.07) is 3.26. The number of ether oxygens (including phenoxy) is 2. The van der Waals surface area contributed by atoms with Gasteiger partial charge in [-0.05, 0) is 52.6 Å². The summed E-state index contributed by atoms with van der Waals surface area (Å²) in [5, 5.41) is 1.06. The molecule has 4 rings (SSSR count). The Balaban J connectivity index is 1.66. The molecule has 1 amide bonds. The standard InChI is InChI=1S/C29H44N6O3Si/c1-8-35(28(36)38-29(2,3)4)23-10-9-13-33(18-23)25-11-12-32-27-26(25)24(22-16-30-20-31-17-22)19-34(27)21-37-14-15-39(5,6)7/h11-12,16-17,19-20,23H,8-10,13-15,18,21H2,1-7H3/t23-/m0/s1. The van der Waals surface area contributed by atoms with Gasteiger partial charge in [-0.15, -0.1) is 0 Å². The van der Waals surface area contributed by atoms with Crippen LogP contribution in [-0.2, 0) is 16.2 Å². The van der Waals surface area contributed by atoms with E-state index in [4.69, 9.17) is 14.5 Å². The number of carbonyl (C=O) groups is 1. The predicted octanol–water partition coefficient (Wildman–Crippen LogP) is 6.03. The number of rotatable bonds is 9. The molecule has 212 valence electrons. The number of nitrogens with zero attached hydrogens (tertiary/aromatic N) is 6. The zero-order valence-corrected chi connectivity index (χ0v) is 25.6. The lowest BCUT2D eigenvalue weighted by atomic mass is 10.0. The van der Waals surface area contributed by atoms with Crippen molar-refractivity contribution in [3.63, 3.8) is 0 Å². The molecule has 1 fully saturated rings. The van der Waals surface area contributed by atoms with Crippen LogP contribution in [0.25, 0.3) is 22.2 Å². The van der Waals surface area contributed by atoms with E-state index in [1.165, 1.54) is 0 Å². The number of carbonyl (C=O) groups excluding carboxylic acids is 1. The molecule has 0 aliphatic carbocycles. The predicted molar refractivity (Wildman–Crippen MR) is 159 cm³/mol. The molecule has 0 saturated carbocycles. The quantitative estimate of drug-likeness (QED) is 0.237. The first-order valence-corrected chi connectivity index (χ1v) is 17.7. The second-order valence-electron chi connectivity index (χ2n) is 12.5. The average molecular weight is 553 g/mol. The van der Waals surface area contributed by atoms with Gasteiger partial charge in [0.2, 0.25) is 0 Å². The van der Waals surface area contributed by atoms with Crippen molar-refractivity contribution in [3.05, 3.63) is 37.2 Å². The van der Waals surface area contributed by atoms with Gasteiger partial charge >= 0.3 is 6.09 Å². The van der Waals surface area contributed by atoms with E-state index in [0.29, 0.717) is 13.3 Å². The summed E-state index contributed by atoms with van der Waals surface area (Å²) in [7, 11) is -1.18. The van der Waals surface area contributed by atoms with Gasteiger partial charge in [-0.3, -0.25) is 0 Å². The molecule has 0 spiro atoms. The SMILES string of the molecule is CCN(C(=O)OC(C)(C)C)[C@H]1CCCN(c2ccnc3c2c(-c2cncnc2)cn3COCC[Si](C)(C)C)C1. The molecule has 1 saturated heterocycles. The van der Waals surface area contributed by atoms with Gasteiger partial charge in [0, 0.05) is 70.2 Å². The van der Waals surface area contributed by atoms with Gasteiger partial charge in [-0.1, -0.05) is 19.6 Å². The molecule has 9 nitrogen and oxygen atoms in total. The molecule has 1 atom stereocenters. The highest BCUT2D eigenvalue weighted by Crippen LogP contribution is 2.37. The van der Waals surface area contributed by atoms with Gasteiger partial charge in [0.05, 0.1) is 17.1 Å². The molecule has 0 N–H and O–H groups in total. The lowest BCUT2D eigenvalue weighted by Gasteiger charge is -2.40. The Morgan fingerprint density at radius 3 is 2.62 bits per heavy atom. The van der Waals surface area contributed by atoms with Gasteiger partial charge < -0.3 is 23.8 Å². The minimum Gasteiger partial charge on any atom is -0.444 e. The van der Waals surface area contributed by atoms with Crippen molar-refractivity contribution >= 4 is 30.9 Å². The Labute approximate surface area is 233 Å². The summed E-state index contributed by atoms with van der Waals surface area (Å²) in [4.78, 5) is 30.6. The van der Waals surface area contributed by atoms with Crippen LogP contribution in [0.15, 0.2) is 37.2 Å². The lowest BCUT2D eigenvalue weighted by Crippen LogP contribution is -2.51. The third-order valence-corrected chi connectivity index (χ3v) is 8.68. The van der Waals surface area contributed by atoms with Gasteiger partial charge in [-0.25, -0.2) is 19.7 Å². The topological polar surface area (TPSA) is 85.6 Å². The Kier molecular flexibility index (Phi) is 8.95.